The smallest absolute Gasteiger partial charge is 0.244 e. The van der Waals surface area contributed by atoms with E-state index in [0.29, 0.717) is 17.1 Å². The summed E-state index contributed by atoms with van der Waals surface area (Å²) in [5, 5.41) is 3.26. The second-order valence-electron chi connectivity index (χ2n) is 4.21. The standard InChI is InChI=1S/C12H17ClN2O/c1-4-12(3,14)11(16)15-10-6-5-8(2)7-9(10)13/h5-7H,4,14H2,1-3H3,(H,15,16). The SMILES string of the molecule is CCC(C)(N)C(=O)Nc1ccc(C)cc1Cl. The van der Waals surface area contributed by atoms with Crippen LogP contribution in [0.4, 0.5) is 5.69 Å². The highest BCUT2D eigenvalue weighted by atomic mass is 35.5. The maximum Gasteiger partial charge on any atom is 0.244 e. The van der Waals surface area contributed by atoms with Gasteiger partial charge in [-0.25, -0.2) is 0 Å². The van der Waals surface area contributed by atoms with Crippen molar-refractivity contribution in [3.63, 3.8) is 0 Å². The van der Waals surface area contributed by atoms with Gasteiger partial charge in [0.2, 0.25) is 5.91 Å². The first kappa shape index (κ1) is 13.0. The minimum atomic E-state index is -0.867. The predicted molar refractivity (Wildman–Crippen MR) is 67.7 cm³/mol. The molecule has 0 saturated carbocycles. The third-order valence-electron chi connectivity index (χ3n) is 2.63. The number of nitrogens with two attached hydrogens (primary N) is 1. The molecular formula is C12H17ClN2O. The molecule has 0 saturated heterocycles. The molecule has 3 nitrogen and oxygen atoms in total. The summed E-state index contributed by atoms with van der Waals surface area (Å²) in [7, 11) is 0. The molecule has 0 spiro atoms. The largest absolute Gasteiger partial charge is 0.323 e. The van der Waals surface area contributed by atoms with Crippen molar-refractivity contribution in [3.8, 4) is 0 Å². The summed E-state index contributed by atoms with van der Waals surface area (Å²) in [6.45, 7) is 5.51. The Morgan fingerprint density at radius 2 is 2.19 bits per heavy atom. The van der Waals surface area contributed by atoms with Crippen LogP contribution in [0.1, 0.15) is 25.8 Å². The normalized spacial score (nSPS) is 14.3. The Morgan fingerprint density at radius 3 is 2.69 bits per heavy atom. The average molecular weight is 241 g/mol. The molecular weight excluding hydrogens is 224 g/mol. The molecule has 0 radical (unpaired) electrons. The number of hydrogen-bond acceptors (Lipinski definition) is 2. The molecule has 4 heteroatoms. The number of halogens is 1. The van der Waals surface area contributed by atoms with Crippen molar-refractivity contribution >= 4 is 23.2 Å². The number of rotatable bonds is 3. The molecule has 88 valence electrons. The van der Waals surface area contributed by atoms with E-state index in [4.69, 9.17) is 17.3 Å². The molecule has 0 aliphatic carbocycles. The minimum absolute atomic E-state index is 0.222. The van der Waals surface area contributed by atoms with Gasteiger partial charge < -0.3 is 11.1 Å². The number of nitrogens with one attached hydrogen (secondary N) is 1. The summed E-state index contributed by atoms with van der Waals surface area (Å²) >= 11 is 6.01. The summed E-state index contributed by atoms with van der Waals surface area (Å²) in [6.07, 6.45) is 0.572. The number of anilines is 1. The second kappa shape index (κ2) is 4.85. The van der Waals surface area contributed by atoms with Crippen LogP contribution in [-0.4, -0.2) is 11.4 Å². The molecule has 1 unspecified atom stereocenters. The Kier molecular flexibility index (Phi) is 3.94. The van der Waals surface area contributed by atoms with E-state index in [0.717, 1.165) is 5.56 Å². The summed E-state index contributed by atoms with van der Waals surface area (Å²) in [4.78, 5) is 11.8. The van der Waals surface area contributed by atoms with Crippen LogP contribution in [0.25, 0.3) is 0 Å². The van der Waals surface area contributed by atoms with Gasteiger partial charge in [-0.05, 0) is 38.0 Å². The average Bonchev–Trinajstić information content (AvgIpc) is 2.22. The van der Waals surface area contributed by atoms with E-state index in [9.17, 15) is 4.79 Å². The Morgan fingerprint density at radius 1 is 1.56 bits per heavy atom. The summed E-state index contributed by atoms with van der Waals surface area (Å²) < 4.78 is 0. The Labute approximate surface area is 101 Å². The lowest BCUT2D eigenvalue weighted by Crippen LogP contribution is -2.47. The van der Waals surface area contributed by atoms with Gasteiger partial charge in [-0.2, -0.15) is 0 Å². The summed E-state index contributed by atoms with van der Waals surface area (Å²) in [6, 6.07) is 5.47. The lowest BCUT2D eigenvalue weighted by molar-refractivity contribution is -0.120. The topological polar surface area (TPSA) is 55.1 Å². The quantitative estimate of drug-likeness (QED) is 0.854. The highest BCUT2D eigenvalue weighted by molar-refractivity contribution is 6.33. The fourth-order valence-electron chi connectivity index (χ4n) is 1.15. The Bertz CT molecular complexity index is 402. The van der Waals surface area contributed by atoms with Crippen LogP contribution < -0.4 is 11.1 Å². The number of carbonyl (C=O) groups excluding carboxylic acids is 1. The van der Waals surface area contributed by atoms with Gasteiger partial charge in [0.05, 0.1) is 16.2 Å². The molecule has 0 aliphatic rings. The monoisotopic (exact) mass is 240 g/mol. The lowest BCUT2D eigenvalue weighted by Gasteiger charge is -2.21. The maximum atomic E-state index is 11.8. The zero-order chi connectivity index (χ0) is 12.3. The van der Waals surface area contributed by atoms with Crippen LogP contribution in [0.3, 0.4) is 0 Å². The van der Waals surface area contributed by atoms with Gasteiger partial charge >= 0.3 is 0 Å². The van der Waals surface area contributed by atoms with Crippen molar-refractivity contribution in [2.75, 3.05) is 5.32 Å². The van der Waals surface area contributed by atoms with Gasteiger partial charge in [0, 0.05) is 0 Å². The molecule has 1 rings (SSSR count). The fraction of sp³-hybridized carbons (Fsp3) is 0.417. The minimum Gasteiger partial charge on any atom is -0.323 e. The predicted octanol–water partition coefficient (Wildman–Crippen LogP) is 2.71. The molecule has 16 heavy (non-hydrogen) atoms. The van der Waals surface area contributed by atoms with E-state index in [-0.39, 0.29) is 5.91 Å². The second-order valence-corrected chi connectivity index (χ2v) is 4.62. The molecule has 1 aromatic rings. The first-order chi connectivity index (χ1) is 7.36. The van der Waals surface area contributed by atoms with Crippen LogP contribution in [-0.2, 0) is 4.79 Å². The van der Waals surface area contributed by atoms with Crippen LogP contribution in [0, 0.1) is 6.92 Å². The molecule has 0 aromatic heterocycles. The molecule has 0 heterocycles. The fourth-order valence-corrected chi connectivity index (χ4v) is 1.43. The Hall–Kier alpha value is -1.06. The molecule has 3 N–H and O–H groups in total. The van der Waals surface area contributed by atoms with Gasteiger partial charge in [0.1, 0.15) is 0 Å². The van der Waals surface area contributed by atoms with Crippen molar-refractivity contribution in [2.45, 2.75) is 32.7 Å². The van der Waals surface area contributed by atoms with E-state index < -0.39 is 5.54 Å². The maximum absolute atomic E-state index is 11.8. The van der Waals surface area contributed by atoms with Crippen molar-refractivity contribution in [1.82, 2.24) is 0 Å². The van der Waals surface area contributed by atoms with Gasteiger partial charge in [0.15, 0.2) is 0 Å². The van der Waals surface area contributed by atoms with Gasteiger partial charge in [0.25, 0.3) is 0 Å². The van der Waals surface area contributed by atoms with Gasteiger partial charge in [-0.1, -0.05) is 24.6 Å². The number of carbonyl (C=O) groups is 1. The summed E-state index contributed by atoms with van der Waals surface area (Å²) in [5.74, 6) is -0.222. The van der Waals surface area contributed by atoms with Crippen LogP contribution in [0.5, 0.6) is 0 Å². The van der Waals surface area contributed by atoms with Crippen molar-refractivity contribution in [2.24, 2.45) is 5.73 Å². The number of amides is 1. The highest BCUT2D eigenvalue weighted by Crippen LogP contribution is 2.23. The molecule has 1 atom stereocenters. The zero-order valence-electron chi connectivity index (χ0n) is 9.80. The van der Waals surface area contributed by atoms with Crippen molar-refractivity contribution in [1.29, 1.82) is 0 Å². The first-order valence-corrected chi connectivity index (χ1v) is 5.61. The zero-order valence-corrected chi connectivity index (χ0v) is 10.6. The first-order valence-electron chi connectivity index (χ1n) is 5.23. The molecule has 1 amide bonds. The van der Waals surface area contributed by atoms with Gasteiger partial charge in [-0.15, -0.1) is 0 Å². The van der Waals surface area contributed by atoms with Crippen molar-refractivity contribution in [3.05, 3.63) is 28.8 Å². The Balaban J connectivity index is 2.85. The molecule has 0 bridgehead atoms. The lowest BCUT2D eigenvalue weighted by atomic mass is 9.99. The summed E-state index contributed by atoms with van der Waals surface area (Å²) in [5.41, 5.74) is 6.61. The van der Waals surface area contributed by atoms with E-state index >= 15 is 0 Å². The number of benzene rings is 1. The van der Waals surface area contributed by atoms with E-state index in [2.05, 4.69) is 5.32 Å². The molecule has 0 aliphatic heterocycles. The highest BCUT2D eigenvalue weighted by Gasteiger charge is 2.26. The molecule has 1 aromatic carbocycles. The van der Waals surface area contributed by atoms with Crippen LogP contribution in [0.15, 0.2) is 18.2 Å². The number of hydrogen-bond donors (Lipinski definition) is 2. The van der Waals surface area contributed by atoms with E-state index in [1.165, 1.54) is 0 Å². The van der Waals surface area contributed by atoms with E-state index in [1.54, 1.807) is 19.1 Å². The third-order valence-corrected chi connectivity index (χ3v) is 2.94. The van der Waals surface area contributed by atoms with Crippen molar-refractivity contribution < 1.29 is 4.79 Å². The van der Waals surface area contributed by atoms with Gasteiger partial charge in [-0.3, -0.25) is 4.79 Å². The third kappa shape index (κ3) is 2.97. The number of aryl methyl sites for hydroxylation is 1. The van der Waals surface area contributed by atoms with E-state index in [1.807, 2.05) is 19.9 Å². The van der Waals surface area contributed by atoms with Crippen LogP contribution >= 0.6 is 11.6 Å². The van der Waals surface area contributed by atoms with Crippen LogP contribution in [0.2, 0.25) is 5.02 Å². The molecule has 0 fully saturated rings.